The average Bonchev–Trinajstić information content (AvgIpc) is 2.61. The highest BCUT2D eigenvalue weighted by Crippen LogP contribution is 2.31. The predicted molar refractivity (Wildman–Crippen MR) is 62.0 cm³/mol. The zero-order valence-electron chi connectivity index (χ0n) is 8.24. The lowest BCUT2D eigenvalue weighted by molar-refractivity contribution is 0.217. The molecule has 14 heavy (non-hydrogen) atoms. The van der Waals surface area contributed by atoms with Crippen LogP contribution in [0.5, 0.6) is 0 Å². The first-order valence-electron chi connectivity index (χ1n) is 4.73. The van der Waals surface area contributed by atoms with Crippen molar-refractivity contribution in [2.24, 2.45) is 11.7 Å². The van der Waals surface area contributed by atoms with Crippen LogP contribution in [0.15, 0.2) is 12.1 Å². The van der Waals surface area contributed by atoms with E-state index in [1.807, 2.05) is 12.1 Å². The number of rotatable bonds is 5. The Hall–Kier alpha value is -0.0900. The van der Waals surface area contributed by atoms with Crippen LogP contribution in [-0.2, 0) is 0 Å². The fraction of sp³-hybridized carbons (Fsp3) is 0.600. The molecule has 0 spiro atoms. The summed E-state index contributed by atoms with van der Waals surface area (Å²) in [5, 5.41) is 9.02. The second-order valence-corrected chi connectivity index (χ2v) is 5.31. The van der Waals surface area contributed by atoms with E-state index in [0.29, 0.717) is 12.5 Å². The summed E-state index contributed by atoms with van der Waals surface area (Å²) >= 11 is 7.46. The molecule has 4 heteroatoms. The van der Waals surface area contributed by atoms with E-state index in [-0.39, 0.29) is 12.5 Å². The zero-order valence-corrected chi connectivity index (χ0v) is 9.81. The van der Waals surface area contributed by atoms with Crippen molar-refractivity contribution in [2.45, 2.75) is 19.3 Å². The molecule has 0 aliphatic rings. The highest BCUT2D eigenvalue weighted by atomic mass is 35.5. The monoisotopic (exact) mass is 233 g/mol. The minimum Gasteiger partial charge on any atom is -0.396 e. The van der Waals surface area contributed by atoms with Crippen LogP contribution in [0, 0.1) is 5.92 Å². The quantitative estimate of drug-likeness (QED) is 0.821. The molecule has 3 N–H and O–H groups in total. The van der Waals surface area contributed by atoms with Gasteiger partial charge in [-0.25, -0.2) is 0 Å². The number of halogens is 1. The Bertz CT molecular complexity index is 273. The van der Waals surface area contributed by atoms with Gasteiger partial charge in [0, 0.05) is 11.5 Å². The maximum absolute atomic E-state index is 9.02. The van der Waals surface area contributed by atoms with Gasteiger partial charge in [0.2, 0.25) is 0 Å². The Morgan fingerprint density at radius 3 is 2.71 bits per heavy atom. The van der Waals surface area contributed by atoms with Gasteiger partial charge in [0.1, 0.15) is 0 Å². The molecule has 0 saturated carbocycles. The third kappa shape index (κ3) is 3.24. The Morgan fingerprint density at radius 2 is 2.29 bits per heavy atom. The highest BCUT2D eigenvalue weighted by molar-refractivity contribution is 7.16. The molecule has 0 fully saturated rings. The molecular weight excluding hydrogens is 218 g/mol. The molecule has 2 atom stereocenters. The van der Waals surface area contributed by atoms with E-state index in [1.54, 1.807) is 11.3 Å². The molecule has 0 aromatic carbocycles. The largest absolute Gasteiger partial charge is 0.396 e. The van der Waals surface area contributed by atoms with E-state index < -0.39 is 0 Å². The number of hydrogen-bond acceptors (Lipinski definition) is 3. The summed E-state index contributed by atoms with van der Waals surface area (Å²) in [7, 11) is 0. The predicted octanol–water partition coefficient (Wildman–Crippen LogP) is 2.46. The third-order valence-electron chi connectivity index (χ3n) is 2.36. The molecule has 1 aromatic heterocycles. The molecule has 0 amide bonds. The Morgan fingerprint density at radius 1 is 1.57 bits per heavy atom. The lowest BCUT2D eigenvalue weighted by Crippen LogP contribution is -2.19. The average molecular weight is 234 g/mol. The van der Waals surface area contributed by atoms with E-state index >= 15 is 0 Å². The van der Waals surface area contributed by atoms with Crippen molar-refractivity contribution in [3.8, 4) is 0 Å². The van der Waals surface area contributed by atoms with Crippen LogP contribution in [0.4, 0.5) is 0 Å². The van der Waals surface area contributed by atoms with Gasteiger partial charge in [-0.15, -0.1) is 11.3 Å². The van der Waals surface area contributed by atoms with Gasteiger partial charge in [0.05, 0.1) is 4.34 Å². The number of aliphatic hydroxyl groups excluding tert-OH is 1. The summed E-state index contributed by atoms with van der Waals surface area (Å²) in [6.07, 6.45) is 0.920. The fourth-order valence-corrected chi connectivity index (χ4v) is 2.58. The van der Waals surface area contributed by atoms with E-state index in [9.17, 15) is 0 Å². The molecular formula is C10H16ClNOS. The zero-order chi connectivity index (χ0) is 10.6. The van der Waals surface area contributed by atoms with Crippen LogP contribution in [0.25, 0.3) is 0 Å². The first kappa shape index (κ1) is 12.0. The van der Waals surface area contributed by atoms with Crippen LogP contribution < -0.4 is 5.73 Å². The third-order valence-corrected chi connectivity index (χ3v) is 3.82. The maximum atomic E-state index is 9.02. The molecule has 0 bridgehead atoms. The van der Waals surface area contributed by atoms with Crippen LogP contribution in [0.1, 0.15) is 24.1 Å². The smallest absolute Gasteiger partial charge is 0.0931 e. The van der Waals surface area contributed by atoms with Crippen LogP contribution in [-0.4, -0.2) is 18.3 Å². The topological polar surface area (TPSA) is 46.2 Å². The van der Waals surface area contributed by atoms with Gasteiger partial charge in [-0.1, -0.05) is 18.5 Å². The lowest BCUT2D eigenvalue weighted by Gasteiger charge is -2.16. The number of nitrogens with two attached hydrogens (primary N) is 1. The SMILES string of the molecule is CC(CC(CN)CO)c1ccc(Cl)s1. The van der Waals surface area contributed by atoms with Crippen LogP contribution >= 0.6 is 22.9 Å². The molecule has 0 aliphatic carbocycles. The van der Waals surface area contributed by atoms with Gasteiger partial charge in [0.15, 0.2) is 0 Å². The van der Waals surface area contributed by atoms with Crippen molar-refractivity contribution in [2.75, 3.05) is 13.2 Å². The van der Waals surface area contributed by atoms with Gasteiger partial charge in [-0.3, -0.25) is 0 Å². The van der Waals surface area contributed by atoms with E-state index in [0.717, 1.165) is 10.8 Å². The molecule has 2 nitrogen and oxygen atoms in total. The second-order valence-electron chi connectivity index (χ2n) is 3.56. The second kappa shape index (κ2) is 5.71. The number of hydrogen-bond donors (Lipinski definition) is 2. The van der Waals surface area contributed by atoms with E-state index in [4.69, 9.17) is 22.4 Å². The number of thiophene rings is 1. The first-order chi connectivity index (χ1) is 6.67. The minimum atomic E-state index is 0.167. The number of aliphatic hydroxyl groups is 1. The van der Waals surface area contributed by atoms with Crippen molar-refractivity contribution >= 4 is 22.9 Å². The highest BCUT2D eigenvalue weighted by Gasteiger charge is 2.14. The van der Waals surface area contributed by atoms with E-state index in [2.05, 4.69) is 6.92 Å². The summed E-state index contributed by atoms with van der Waals surface area (Å²) in [6.45, 7) is 2.85. The molecule has 1 rings (SSSR count). The standard InChI is InChI=1S/C10H16ClNOS/c1-7(4-8(5-12)6-13)9-2-3-10(11)14-9/h2-3,7-8,13H,4-6,12H2,1H3. The molecule has 1 aromatic rings. The molecule has 80 valence electrons. The summed E-state index contributed by atoms with van der Waals surface area (Å²) in [4.78, 5) is 1.27. The van der Waals surface area contributed by atoms with E-state index in [1.165, 1.54) is 4.88 Å². The Labute approximate surface area is 93.7 Å². The molecule has 1 heterocycles. The lowest BCUT2D eigenvalue weighted by atomic mass is 9.95. The van der Waals surface area contributed by atoms with Gasteiger partial charge < -0.3 is 10.8 Å². The minimum absolute atomic E-state index is 0.167. The fourth-order valence-electron chi connectivity index (χ4n) is 1.45. The molecule has 0 aliphatic heterocycles. The van der Waals surface area contributed by atoms with Gasteiger partial charge >= 0.3 is 0 Å². The van der Waals surface area contributed by atoms with Crippen molar-refractivity contribution in [1.29, 1.82) is 0 Å². The van der Waals surface area contributed by atoms with Crippen molar-refractivity contribution in [1.82, 2.24) is 0 Å². The van der Waals surface area contributed by atoms with Crippen LogP contribution in [0.2, 0.25) is 4.34 Å². The van der Waals surface area contributed by atoms with Gasteiger partial charge in [0.25, 0.3) is 0 Å². The molecule has 2 unspecified atom stereocenters. The Kier molecular flexibility index (Phi) is 4.89. The van der Waals surface area contributed by atoms with Gasteiger partial charge in [-0.05, 0) is 36.9 Å². The van der Waals surface area contributed by atoms with Crippen molar-refractivity contribution in [3.63, 3.8) is 0 Å². The summed E-state index contributed by atoms with van der Waals surface area (Å²) < 4.78 is 0.820. The Balaban J connectivity index is 2.53. The summed E-state index contributed by atoms with van der Waals surface area (Å²) in [5.74, 6) is 0.624. The molecule has 0 radical (unpaired) electrons. The summed E-state index contributed by atoms with van der Waals surface area (Å²) in [6, 6.07) is 3.96. The maximum Gasteiger partial charge on any atom is 0.0931 e. The molecule has 0 saturated heterocycles. The first-order valence-corrected chi connectivity index (χ1v) is 5.93. The van der Waals surface area contributed by atoms with Gasteiger partial charge in [-0.2, -0.15) is 0 Å². The van der Waals surface area contributed by atoms with Crippen molar-refractivity contribution < 1.29 is 5.11 Å². The normalized spacial score (nSPS) is 15.4. The van der Waals surface area contributed by atoms with Crippen LogP contribution in [0.3, 0.4) is 0 Å². The summed E-state index contributed by atoms with van der Waals surface area (Å²) in [5.41, 5.74) is 5.53. The van der Waals surface area contributed by atoms with Crippen molar-refractivity contribution in [3.05, 3.63) is 21.3 Å².